The zero-order chi connectivity index (χ0) is 6.85. The van der Waals surface area contributed by atoms with Gasteiger partial charge in [-0.15, -0.1) is 0 Å². The molecule has 3 nitrogen and oxygen atoms in total. The predicted molar refractivity (Wildman–Crippen MR) is 39.2 cm³/mol. The fourth-order valence-corrected chi connectivity index (χ4v) is 0.813. The molecule has 0 bridgehead atoms. The highest BCUT2D eigenvalue weighted by Crippen LogP contribution is 1.98. The number of imidazole rings is 1. The lowest BCUT2D eigenvalue weighted by Gasteiger charge is -1.89. The van der Waals surface area contributed by atoms with E-state index < -0.39 is 0 Å². The van der Waals surface area contributed by atoms with Gasteiger partial charge in [0.2, 0.25) is 0 Å². The highest BCUT2D eigenvalue weighted by atomic mass is 32.1. The Balaban J connectivity index is 3.08. The van der Waals surface area contributed by atoms with E-state index >= 15 is 0 Å². The van der Waals surface area contributed by atoms with E-state index in [1.165, 1.54) is 0 Å². The molecule has 1 heterocycles. The second kappa shape index (κ2) is 2.14. The van der Waals surface area contributed by atoms with Crippen LogP contribution in [0.4, 0.5) is 0 Å². The predicted octanol–water partition coefficient (Wildman–Crippen LogP) is 0.352. The SMILES string of the molecule is Cc1[nH]cnc1C(N)=S. The van der Waals surface area contributed by atoms with E-state index in [-0.39, 0.29) is 0 Å². The minimum Gasteiger partial charge on any atom is -0.388 e. The zero-order valence-electron chi connectivity index (χ0n) is 5.01. The summed E-state index contributed by atoms with van der Waals surface area (Å²) in [6.45, 7) is 1.88. The molecular formula is C5H7N3S. The standard InChI is InChI=1S/C5H7N3S/c1-3-4(5(6)9)8-2-7-3/h2H,1H3,(H2,6,9)(H,7,8). The van der Waals surface area contributed by atoms with Gasteiger partial charge in [-0.2, -0.15) is 0 Å². The first-order chi connectivity index (χ1) is 4.22. The van der Waals surface area contributed by atoms with Gasteiger partial charge in [0.1, 0.15) is 10.7 Å². The number of nitrogens with one attached hydrogen (secondary N) is 1. The van der Waals surface area contributed by atoms with E-state index in [4.69, 9.17) is 18.0 Å². The maximum absolute atomic E-state index is 5.31. The maximum Gasteiger partial charge on any atom is 0.124 e. The van der Waals surface area contributed by atoms with Crippen molar-refractivity contribution in [1.82, 2.24) is 9.97 Å². The second-order valence-corrected chi connectivity index (χ2v) is 2.18. The number of nitrogens with zero attached hydrogens (tertiary/aromatic N) is 1. The van der Waals surface area contributed by atoms with Crippen LogP contribution in [0.1, 0.15) is 11.4 Å². The van der Waals surface area contributed by atoms with Gasteiger partial charge in [-0.3, -0.25) is 0 Å². The smallest absolute Gasteiger partial charge is 0.124 e. The van der Waals surface area contributed by atoms with E-state index in [1.54, 1.807) is 6.33 Å². The number of aromatic amines is 1. The third-order valence-electron chi connectivity index (χ3n) is 1.06. The molecule has 0 aliphatic rings. The highest BCUT2D eigenvalue weighted by molar-refractivity contribution is 7.80. The van der Waals surface area contributed by atoms with Crippen LogP contribution in [-0.4, -0.2) is 15.0 Å². The van der Waals surface area contributed by atoms with Crippen molar-refractivity contribution in [3.63, 3.8) is 0 Å². The number of hydrogen-bond acceptors (Lipinski definition) is 2. The summed E-state index contributed by atoms with van der Waals surface area (Å²) >= 11 is 4.70. The van der Waals surface area contributed by atoms with Crippen LogP contribution in [0.3, 0.4) is 0 Å². The third-order valence-corrected chi connectivity index (χ3v) is 1.26. The van der Waals surface area contributed by atoms with Gasteiger partial charge in [0.15, 0.2) is 0 Å². The number of aromatic nitrogens is 2. The van der Waals surface area contributed by atoms with Crippen molar-refractivity contribution in [2.45, 2.75) is 6.92 Å². The normalized spacial score (nSPS) is 9.44. The number of aryl methyl sites for hydroxylation is 1. The Kier molecular flexibility index (Phi) is 1.48. The largest absolute Gasteiger partial charge is 0.388 e. The van der Waals surface area contributed by atoms with Crippen LogP contribution >= 0.6 is 12.2 Å². The van der Waals surface area contributed by atoms with Crippen LogP contribution in [0.2, 0.25) is 0 Å². The molecule has 0 fully saturated rings. The Hall–Kier alpha value is -0.900. The number of nitrogens with two attached hydrogens (primary N) is 1. The lowest BCUT2D eigenvalue weighted by molar-refractivity contribution is 1.25. The lowest BCUT2D eigenvalue weighted by atomic mass is 10.3. The number of thiocarbonyl (C=S) groups is 1. The van der Waals surface area contributed by atoms with Crippen LogP contribution in [-0.2, 0) is 0 Å². The minimum absolute atomic E-state index is 0.341. The van der Waals surface area contributed by atoms with E-state index in [0.29, 0.717) is 10.7 Å². The molecule has 9 heavy (non-hydrogen) atoms. The van der Waals surface area contributed by atoms with E-state index in [9.17, 15) is 0 Å². The molecule has 4 heteroatoms. The summed E-state index contributed by atoms with van der Waals surface area (Å²) in [5.74, 6) is 0. The zero-order valence-corrected chi connectivity index (χ0v) is 5.83. The first-order valence-electron chi connectivity index (χ1n) is 2.51. The Bertz CT molecular complexity index is 228. The average Bonchev–Trinajstić information content (AvgIpc) is 2.13. The van der Waals surface area contributed by atoms with Crippen LogP contribution < -0.4 is 5.73 Å². The molecule has 0 aliphatic heterocycles. The van der Waals surface area contributed by atoms with Gasteiger partial charge in [-0.25, -0.2) is 4.98 Å². The maximum atomic E-state index is 5.31. The van der Waals surface area contributed by atoms with Crippen LogP contribution in [0.25, 0.3) is 0 Å². The average molecular weight is 141 g/mol. The molecule has 0 aliphatic carbocycles. The fraction of sp³-hybridized carbons (Fsp3) is 0.200. The summed E-state index contributed by atoms with van der Waals surface area (Å²) in [6, 6.07) is 0. The summed E-state index contributed by atoms with van der Waals surface area (Å²) in [5, 5.41) is 0. The summed E-state index contributed by atoms with van der Waals surface area (Å²) in [4.78, 5) is 7.11. The van der Waals surface area contributed by atoms with Crippen molar-refractivity contribution < 1.29 is 0 Å². The molecule has 1 aromatic heterocycles. The van der Waals surface area contributed by atoms with Gasteiger partial charge < -0.3 is 10.7 Å². The van der Waals surface area contributed by atoms with Crippen molar-refractivity contribution in [2.75, 3.05) is 0 Å². The minimum atomic E-state index is 0.341. The summed E-state index contributed by atoms with van der Waals surface area (Å²) in [7, 11) is 0. The molecule has 1 aromatic rings. The highest BCUT2D eigenvalue weighted by Gasteiger charge is 2.00. The van der Waals surface area contributed by atoms with Crippen molar-refractivity contribution in [1.29, 1.82) is 0 Å². The quantitative estimate of drug-likeness (QED) is 0.555. The first-order valence-corrected chi connectivity index (χ1v) is 2.92. The molecule has 0 atom stereocenters. The van der Waals surface area contributed by atoms with Crippen molar-refractivity contribution in [3.8, 4) is 0 Å². The van der Waals surface area contributed by atoms with Gasteiger partial charge in [0.25, 0.3) is 0 Å². The molecule has 0 saturated carbocycles. The van der Waals surface area contributed by atoms with Gasteiger partial charge >= 0.3 is 0 Å². The second-order valence-electron chi connectivity index (χ2n) is 1.74. The van der Waals surface area contributed by atoms with Crippen molar-refractivity contribution >= 4 is 17.2 Å². The molecule has 3 N–H and O–H groups in total. The van der Waals surface area contributed by atoms with Crippen molar-refractivity contribution in [2.24, 2.45) is 5.73 Å². The molecule has 48 valence electrons. The molecule has 0 unspecified atom stereocenters. The molecule has 0 amide bonds. The van der Waals surface area contributed by atoms with Gasteiger partial charge in [-0.1, -0.05) is 12.2 Å². The Labute approximate surface area is 58.3 Å². The molecule has 0 radical (unpaired) electrons. The van der Waals surface area contributed by atoms with Gasteiger partial charge in [-0.05, 0) is 6.92 Å². The number of H-pyrrole nitrogens is 1. The topological polar surface area (TPSA) is 54.7 Å². The molecule has 1 rings (SSSR count). The van der Waals surface area contributed by atoms with Crippen LogP contribution in [0.5, 0.6) is 0 Å². The Morgan fingerprint density at radius 1 is 1.89 bits per heavy atom. The lowest BCUT2D eigenvalue weighted by Crippen LogP contribution is -2.10. The summed E-state index contributed by atoms with van der Waals surface area (Å²) < 4.78 is 0. The molecular weight excluding hydrogens is 134 g/mol. The molecule has 0 spiro atoms. The Morgan fingerprint density at radius 3 is 2.78 bits per heavy atom. The monoisotopic (exact) mass is 141 g/mol. The number of rotatable bonds is 1. The van der Waals surface area contributed by atoms with E-state index in [0.717, 1.165) is 5.69 Å². The summed E-state index contributed by atoms with van der Waals surface area (Å²) in [6.07, 6.45) is 1.57. The number of hydrogen-bond donors (Lipinski definition) is 2. The Morgan fingerprint density at radius 2 is 2.56 bits per heavy atom. The van der Waals surface area contributed by atoms with Crippen molar-refractivity contribution in [3.05, 3.63) is 17.7 Å². The van der Waals surface area contributed by atoms with E-state index in [2.05, 4.69) is 9.97 Å². The van der Waals surface area contributed by atoms with Gasteiger partial charge in [0.05, 0.1) is 6.33 Å². The third kappa shape index (κ3) is 1.08. The van der Waals surface area contributed by atoms with Crippen LogP contribution in [0, 0.1) is 6.92 Å². The first kappa shape index (κ1) is 6.22. The summed E-state index contributed by atoms with van der Waals surface area (Å²) in [5.41, 5.74) is 6.91. The van der Waals surface area contributed by atoms with Crippen LogP contribution in [0.15, 0.2) is 6.33 Å². The van der Waals surface area contributed by atoms with E-state index in [1.807, 2.05) is 6.92 Å². The molecule has 0 saturated heterocycles. The molecule has 0 aromatic carbocycles. The van der Waals surface area contributed by atoms with Gasteiger partial charge in [0, 0.05) is 5.69 Å². The fourth-order valence-electron chi connectivity index (χ4n) is 0.607.